The summed E-state index contributed by atoms with van der Waals surface area (Å²) in [5.74, 6) is 0.490. The van der Waals surface area contributed by atoms with E-state index in [0.717, 1.165) is 34.4 Å². The van der Waals surface area contributed by atoms with E-state index in [-0.39, 0.29) is 32.2 Å². The Bertz CT molecular complexity index is 1650. The summed E-state index contributed by atoms with van der Waals surface area (Å²) in [7, 11) is 0. The molecule has 3 atom stereocenters. The van der Waals surface area contributed by atoms with E-state index in [4.69, 9.17) is 70.1 Å². The molecule has 7 nitrogen and oxygen atoms in total. The summed E-state index contributed by atoms with van der Waals surface area (Å²) in [6.07, 6.45) is -0.614. The second-order valence-electron chi connectivity index (χ2n) is 13.4. The quantitative estimate of drug-likeness (QED) is 0.119. The molecule has 1 fully saturated rings. The van der Waals surface area contributed by atoms with E-state index in [2.05, 4.69) is 0 Å². The van der Waals surface area contributed by atoms with E-state index in [1.165, 1.54) is 0 Å². The van der Waals surface area contributed by atoms with Gasteiger partial charge in [-0.15, -0.1) is 0 Å². The van der Waals surface area contributed by atoms with Gasteiger partial charge < -0.3 is 28.6 Å². The van der Waals surface area contributed by atoms with Crippen molar-refractivity contribution in [3.8, 4) is 5.75 Å². The fraction of sp³-hybridized carbons (Fsp3) is 0.375. The van der Waals surface area contributed by atoms with Gasteiger partial charge in [0, 0.05) is 12.3 Å². The van der Waals surface area contributed by atoms with Gasteiger partial charge in [-0.3, -0.25) is 0 Å². The molecule has 1 unspecified atom stereocenters. The Morgan fingerprint density at radius 2 is 1.25 bits per heavy atom. The van der Waals surface area contributed by atoms with Crippen molar-refractivity contribution in [1.29, 1.82) is 0 Å². The van der Waals surface area contributed by atoms with Gasteiger partial charge in [0.2, 0.25) is 0 Å². The van der Waals surface area contributed by atoms with Gasteiger partial charge in [-0.05, 0) is 79.4 Å². The fourth-order valence-electron chi connectivity index (χ4n) is 5.76. The second-order valence-corrected chi connectivity index (χ2v) is 15.0. The Morgan fingerprint density at radius 3 is 1.78 bits per heavy atom. The van der Waals surface area contributed by atoms with Gasteiger partial charge in [-0.25, -0.2) is 4.79 Å². The second kappa shape index (κ2) is 18.7. The Hall–Kier alpha value is -3.01. The third-order valence-corrected chi connectivity index (χ3v) is 9.71. The zero-order valence-corrected chi connectivity index (χ0v) is 32.0. The molecule has 11 heteroatoms. The fourth-order valence-corrected chi connectivity index (χ4v) is 6.40. The number of halogens is 4. The van der Waals surface area contributed by atoms with Gasteiger partial charge in [0.1, 0.15) is 11.4 Å². The van der Waals surface area contributed by atoms with Crippen LogP contribution in [0.3, 0.4) is 0 Å². The molecule has 5 rings (SSSR count). The number of rotatable bonds is 14. The summed E-state index contributed by atoms with van der Waals surface area (Å²) < 4.78 is 30.8. The van der Waals surface area contributed by atoms with Crippen LogP contribution >= 0.6 is 46.4 Å². The number of ether oxygens (including phenoxy) is 5. The highest BCUT2D eigenvalue weighted by Crippen LogP contribution is 2.36. The Morgan fingerprint density at radius 1 is 0.686 bits per heavy atom. The van der Waals surface area contributed by atoms with Crippen molar-refractivity contribution in [3.63, 3.8) is 0 Å². The smallest absolute Gasteiger partial charge is 0.410 e. The minimum Gasteiger partial charge on any atom is -0.494 e. The first-order valence-corrected chi connectivity index (χ1v) is 18.4. The number of amides is 1. The number of nitrogens with zero attached hydrogens (tertiary/aromatic N) is 1. The molecule has 0 radical (unpaired) electrons. The maximum absolute atomic E-state index is 13.4. The van der Waals surface area contributed by atoms with Crippen LogP contribution in [0.1, 0.15) is 55.4 Å². The lowest BCUT2D eigenvalue weighted by Crippen LogP contribution is -2.55. The average molecular weight is 776 g/mol. The summed E-state index contributed by atoms with van der Waals surface area (Å²) in [6, 6.07) is 28.8. The molecular formula is C40H43Cl4NO6. The van der Waals surface area contributed by atoms with E-state index in [1.807, 2.05) is 87.5 Å². The summed E-state index contributed by atoms with van der Waals surface area (Å²) >= 11 is 25.0. The predicted molar refractivity (Wildman–Crippen MR) is 203 cm³/mol. The first-order chi connectivity index (χ1) is 24.4. The third-order valence-electron chi connectivity index (χ3n) is 8.23. The van der Waals surface area contributed by atoms with Gasteiger partial charge >= 0.3 is 6.09 Å². The van der Waals surface area contributed by atoms with Crippen LogP contribution in [-0.2, 0) is 38.8 Å². The van der Waals surface area contributed by atoms with Gasteiger partial charge in [0.25, 0.3) is 0 Å². The lowest BCUT2D eigenvalue weighted by molar-refractivity contribution is -0.100. The molecule has 1 aliphatic heterocycles. The molecule has 0 aromatic heterocycles. The van der Waals surface area contributed by atoms with Crippen LogP contribution in [0, 0.1) is 0 Å². The number of benzene rings is 4. The average Bonchev–Trinajstić information content (AvgIpc) is 3.10. The van der Waals surface area contributed by atoms with Gasteiger partial charge in [-0.1, -0.05) is 101 Å². The van der Waals surface area contributed by atoms with E-state index in [0.29, 0.717) is 39.9 Å². The van der Waals surface area contributed by atoms with Crippen LogP contribution in [0.15, 0.2) is 91.0 Å². The van der Waals surface area contributed by atoms with Gasteiger partial charge in [0.05, 0.1) is 78.4 Å². The highest BCUT2D eigenvalue weighted by molar-refractivity contribution is 6.42. The molecule has 1 heterocycles. The Kier molecular flexibility index (Phi) is 14.3. The summed E-state index contributed by atoms with van der Waals surface area (Å²) in [4.78, 5) is 15.1. The number of hydrogen-bond acceptors (Lipinski definition) is 6. The van der Waals surface area contributed by atoms with Crippen LogP contribution in [-0.4, -0.2) is 55.1 Å². The largest absolute Gasteiger partial charge is 0.494 e. The Labute approximate surface area is 320 Å². The SMILES string of the molecule is CC(C)(C)OC(=O)N1C[C@H](OCc2ccc(Cl)c(Cl)c2)C(c2ccc(OCCCOCc3ccccc3)cc2)[C@H](OCc2ccc(Cl)c(Cl)c2)C1. The molecular weight excluding hydrogens is 732 g/mol. The molecule has 0 saturated carbocycles. The maximum Gasteiger partial charge on any atom is 0.410 e. The molecule has 0 bridgehead atoms. The number of likely N-dealkylation sites (tertiary alicyclic amines) is 1. The van der Waals surface area contributed by atoms with Crippen molar-refractivity contribution in [1.82, 2.24) is 4.90 Å². The van der Waals surface area contributed by atoms with E-state index >= 15 is 0 Å². The maximum atomic E-state index is 13.4. The van der Waals surface area contributed by atoms with Gasteiger partial charge in [-0.2, -0.15) is 0 Å². The molecule has 4 aromatic carbocycles. The molecule has 0 N–H and O–H groups in total. The van der Waals surface area contributed by atoms with E-state index < -0.39 is 23.9 Å². The van der Waals surface area contributed by atoms with Crippen LogP contribution in [0.2, 0.25) is 20.1 Å². The zero-order chi connectivity index (χ0) is 36.4. The van der Waals surface area contributed by atoms with E-state index in [9.17, 15) is 4.79 Å². The highest BCUT2D eigenvalue weighted by Gasteiger charge is 2.42. The molecule has 1 saturated heterocycles. The lowest BCUT2D eigenvalue weighted by Gasteiger charge is -2.43. The molecule has 4 aromatic rings. The number of piperidine rings is 1. The molecule has 0 spiro atoms. The molecule has 0 aliphatic carbocycles. The summed E-state index contributed by atoms with van der Waals surface area (Å²) in [6.45, 7) is 8.28. The van der Waals surface area contributed by atoms with Crippen molar-refractivity contribution in [3.05, 3.63) is 133 Å². The van der Waals surface area contributed by atoms with Crippen molar-refractivity contribution in [2.45, 2.75) is 70.7 Å². The number of carbonyl (C=O) groups is 1. The Balaban J connectivity index is 1.33. The van der Waals surface area contributed by atoms with Crippen molar-refractivity contribution in [2.75, 3.05) is 26.3 Å². The summed E-state index contributed by atoms with van der Waals surface area (Å²) in [5, 5.41) is 1.80. The van der Waals surface area contributed by atoms with Crippen LogP contribution in [0.5, 0.6) is 5.75 Å². The first-order valence-electron chi connectivity index (χ1n) is 16.9. The zero-order valence-electron chi connectivity index (χ0n) is 29.0. The van der Waals surface area contributed by atoms with Crippen LogP contribution in [0.4, 0.5) is 4.79 Å². The van der Waals surface area contributed by atoms with E-state index in [1.54, 1.807) is 29.2 Å². The first kappa shape index (κ1) is 39.2. The third kappa shape index (κ3) is 12.0. The van der Waals surface area contributed by atoms with Gasteiger partial charge in [0.15, 0.2) is 0 Å². The molecule has 1 aliphatic rings. The molecule has 272 valence electrons. The lowest BCUT2D eigenvalue weighted by atomic mass is 9.84. The highest BCUT2D eigenvalue weighted by atomic mass is 35.5. The van der Waals surface area contributed by atoms with Crippen molar-refractivity contribution in [2.24, 2.45) is 0 Å². The number of hydrogen-bond donors (Lipinski definition) is 0. The molecule has 1 amide bonds. The van der Waals surface area contributed by atoms with Crippen molar-refractivity contribution < 1.29 is 28.5 Å². The topological polar surface area (TPSA) is 66.5 Å². The number of carbonyl (C=O) groups excluding carboxylic acids is 1. The van der Waals surface area contributed by atoms with Crippen LogP contribution < -0.4 is 4.74 Å². The normalized spacial score (nSPS) is 17.7. The minimum absolute atomic E-state index is 0.243. The van der Waals surface area contributed by atoms with Crippen LogP contribution in [0.25, 0.3) is 0 Å². The monoisotopic (exact) mass is 773 g/mol. The standard InChI is InChI=1S/C40H43Cl4NO6/c1-40(2,3)51-39(46)45-22-36(49-25-28-10-16-32(41)34(43)20-28)38(37(23-45)50-26-29-11-17-33(42)35(44)21-29)30-12-14-31(15-13-30)48-19-7-18-47-24-27-8-5-4-6-9-27/h4-6,8-17,20-21,36-38H,7,18-19,22-26H2,1-3H3/t36-,37+,38?. The predicted octanol–water partition coefficient (Wildman–Crippen LogP) is 10.8. The van der Waals surface area contributed by atoms with Crippen molar-refractivity contribution >= 4 is 52.5 Å². The molecule has 51 heavy (non-hydrogen) atoms. The minimum atomic E-state index is -0.676. The summed E-state index contributed by atoms with van der Waals surface area (Å²) in [5.41, 5.74) is 3.15.